The third-order valence-electron chi connectivity index (χ3n) is 1.62. The molecular weight excluding hydrogens is 158 g/mol. The highest BCUT2D eigenvalue weighted by atomic mass is 32.2. The molecule has 1 aliphatic heterocycles. The Morgan fingerprint density at radius 2 is 2.18 bits per heavy atom. The zero-order valence-corrected chi connectivity index (χ0v) is 6.67. The van der Waals surface area contributed by atoms with Gasteiger partial charge in [0.25, 0.3) is 0 Å². The van der Waals surface area contributed by atoms with Crippen LogP contribution in [0, 0.1) is 5.21 Å². The van der Waals surface area contributed by atoms with Crippen molar-refractivity contribution in [3.63, 3.8) is 0 Å². The Hall–Kier alpha value is -0.960. The highest BCUT2D eigenvalue weighted by Crippen LogP contribution is 2.25. The molecule has 1 aliphatic rings. The summed E-state index contributed by atoms with van der Waals surface area (Å²) in [5.41, 5.74) is 1.24. The van der Waals surface area contributed by atoms with Crippen LogP contribution in [0.15, 0.2) is 29.2 Å². The minimum Gasteiger partial charge on any atom is -0.611 e. The van der Waals surface area contributed by atoms with E-state index in [1.165, 1.54) is 17.5 Å². The highest BCUT2D eigenvalue weighted by molar-refractivity contribution is 7.93. The van der Waals surface area contributed by atoms with Crippen LogP contribution in [0.2, 0.25) is 0 Å². The average molecular weight is 165 g/mol. The Bertz CT molecular complexity index is 309. The minimum atomic E-state index is 0.757. The Labute approximate surface area is 69.3 Å². The second-order valence-corrected chi connectivity index (χ2v) is 3.35. The second-order valence-electron chi connectivity index (χ2n) is 2.37. The first-order chi connectivity index (χ1) is 5.36. The molecule has 11 heavy (non-hydrogen) atoms. The van der Waals surface area contributed by atoms with E-state index in [0.29, 0.717) is 0 Å². The first kappa shape index (κ1) is 6.73. The molecule has 0 amide bonds. The zero-order valence-electron chi connectivity index (χ0n) is 5.86. The van der Waals surface area contributed by atoms with Gasteiger partial charge in [-0.25, -0.2) is 0 Å². The van der Waals surface area contributed by atoms with Gasteiger partial charge in [0.15, 0.2) is 6.21 Å². The van der Waals surface area contributed by atoms with E-state index in [2.05, 4.69) is 0 Å². The number of hydrogen-bond donors (Lipinski definition) is 0. The van der Waals surface area contributed by atoms with Crippen LogP contribution in [0.25, 0.3) is 0 Å². The van der Waals surface area contributed by atoms with Crippen molar-refractivity contribution in [2.24, 2.45) is 0 Å². The van der Waals surface area contributed by atoms with Crippen LogP contribution >= 0.6 is 11.9 Å². The first-order valence-electron chi connectivity index (χ1n) is 3.42. The van der Waals surface area contributed by atoms with E-state index in [9.17, 15) is 5.21 Å². The van der Waals surface area contributed by atoms with E-state index in [1.54, 1.807) is 6.21 Å². The molecule has 0 N–H and O–H groups in total. The third kappa shape index (κ3) is 1.24. The lowest BCUT2D eigenvalue weighted by molar-refractivity contribution is -0.254. The summed E-state index contributed by atoms with van der Waals surface area (Å²) >= 11 is 1.23. The lowest BCUT2D eigenvalue weighted by Crippen LogP contribution is -2.04. The van der Waals surface area contributed by atoms with Crippen molar-refractivity contribution in [2.75, 3.05) is 0 Å². The molecule has 1 aromatic rings. The number of hydrogen-bond acceptors (Lipinski definition) is 2. The summed E-state index contributed by atoms with van der Waals surface area (Å²) in [4.78, 5) is 1.07. The van der Waals surface area contributed by atoms with Gasteiger partial charge in [-0.05, 0) is 11.6 Å². The van der Waals surface area contributed by atoms with Crippen LogP contribution in [0.1, 0.15) is 5.56 Å². The third-order valence-corrected chi connectivity index (χ3v) is 2.55. The summed E-state index contributed by atoms with van der Waals surface area (Å²) in [6.45, 7) is 0. The molecule has 56 valence electrons. The summed E-state index contributed by atoms with van der Waals surface area (Å²) in [6, 6.07) is 7.96. The highest BCUT2D eigenvalue weighted by Gasteiger charge is 2.12. The Balaban J connectivity index is 2.42. The van der Waals surface area contributed by atoms with Gasteiger partial charge in [-0.1, -0.05) is 18.2 Å². The van der Waals surface area contributed by atoms with Crippen molar-refractivity contribution in [3.05, 3.63) is 35.0 Å². The fraction of sp³-hybridized carbons (Fsp3) is 0.125. The van der Waals surface area contributed by atoms with E-state index in [0.717, 1.165) is 15.5 Å². The van der Waals surface area contributed by atoms with Crippen molar-refractivity contribution in [1.82, 2.24) is 0 Å². The monoisotopic (exact) mass is 165 g/mol. The largest absolute Gasteiger partial charge is 0.611 e. The van der Waals surface area contributed by atoms with E-state index >= 15 is 0 Å². The maximum Gasteiger partial charge on any atom is 0.209 e. The average Bonchev–Trinajstić information content (AvgIpc) is 2.04. The summed E-state index contributed by atoms with van der Waals surface area (Å²) < 4.78 is 0.905. The van der Waals surface area contributed by atoms with Crippen LogP contribution < -0.4 is 0 Å². The topological polar surface area (TPSA) is 26.1 Å². The Morgan fingerprint density at radius 3 is 3.09 bits per heavy atom. The molecule has 0 radical (unpaired) electrons. The summed E-state index contributed by atoms with van der Waals surface area (Å²) in [5, 5.41) is 10.8. The van der Waals surface area contributed by atoms with E-state index < -0.39 is 0 Å². The number of fused-ring (bicyclic) bond motifs is 1. The van der Waals surface area contributed by atoms with Gasteiger partial charge in [-0.15, -0.1) is 4.14 Å². The molecule has 0 bridgehead atoms. The van der Waals surface area contributed by atoms with Gasteiger partial charge in [0, 0.05) is 0 Å². The molecule has 3 heteroatoms. The number of benzene rings is 1. The summed E-state index contributed by atoms with van der Waals surface area (Å²) in [7, 11) is 0. The quantitative estimate of drug-likeness (QED) is 0.333. The predicted octanol–water partition coefficient (Wildman–Crippen LogP) is 1.83. The molecule has 0 spiro atoms. The molecular formula is C8H7NOS. The molecule has 1 heterocycles. The molecule has 0 saturated heterocycles. The zero-order chi connectivity index (χ0) is 7.68. The minimum absolute atomic E-state index is 0.757. The van der Waals surface area contributed by atoms with Crippen LogP contribution in [0.4, 0.5) is 0 Å². The second kappa shape index (κ2) is 2.58. The molecule has 2 nitrogen and oxygen atoms in total. The molecule has 0 fully saturated rings. The lowest BCUT2D eigenvalue weighted by Gasteiger charge is -2.09. The fourth-order valence-corrected chi connectivity index (χ4v) is 1.82. The first-order valence-corrected chi connectivity index (χ1v) is 4.19. The molecule has 0 unspecified atom stereocenters. The van der Waals surface area contributed by atoms with Gasteiger partial charge in [0.1, 0.15) is 0 Å². The van der Waals surface area contributed by atoms with Crippen molar-refractivity contribution in [2.45, 2.75) is 11.3 Å². The predicted molar refractivity (Wildman–Crippen MR) is 45.7 cm³/mol. The van der Waals surface area contributed by atoms with Gasteiger partial charge in [0.2, 0.25) is 11.9 Å². The fourth-order valence-electron chi connectivity index (χ4n) is 1.07. The maximum absolute atomic E-state index is 10.8. The van der Waals surface area contributed by atoms with Gasteiger partial charge >= 0.3 is 0 Å². The number of nitrogens with zero attached hydrogens (tertiary/aromatic N) is 1. The van der Waals surface area contributed by atoms with Crippen molar-refractivity contribution < 1.29 is 4.14 Å². The molecule has 0 saturated carbocycles. The van der Waals surface area contributed by atoms with Crippen LogP contribution in [-0.2, 0) is 6.42 Å². The molecule has 0 aromatic heterocycles. The molecule has 0 aliphatic carbocycles. The van der Waals surface area contributed by atoms with Crippen LogP contribution in [0.3, 0.4) is 0 Å². The van der Waals surface area contributed by atoms with Gasteiger partial charge in [0.05, 0.1) is 11.3 Å². The molecule has 0 atom stereocenters. The van der Waals surface area contributed by atoms with Gasteiger partial charge in [-0.2, -0.15) is 0 Å². The Morgan fingerprint density at radius 1 is 1.36 bits per heavy atom. The normalized spacial score (nSPS) is 15.5. The van der Waals surface area contributed by atoms with Gasteiger partial charge < -0.3 is 5.21 Å². The van der Waals surface area contributed by atoms with Crippen LogP contribution in [-0.4, -0.2) is 10.4 Å². The molecule has 2 rings (SSSR count). The Kier molecular flexibility index (Phi) is 1.58. The summed E-state index contributed by atoms with van der Waals surface area (Å²) in [5.74, 6) is 0. The van der Waals surface area contributed by atoms with Gasteiger partial charge in [-0.3, -0.25) is 0 Å². The van der Waals surface area contributed by atoms with E-state index in [1.807, 2.05) is 24.3 Å². The SMILES string of the molecule is [O-][N+]1=CCc2ccccc2S1. The van der Waals surface area contributed by atoms with Crippen molar-refractivity contribution >= 4 is 18.2 Å². The summed E-state index contributed by atoms with van der Waals surface area (Å²) in [6.07, 6.45) is 2.40. The lowest BCUT2D eigenvalue weighted by atomic mass is 10.2. The molecule has 1 aromatic carbocycles. The van der Waals surface area contributed by atoms with E-state index in [-0.39, 0.29) is 0 Å². The number of rotatable bonds is 0. The van der Waals surface area contributed by atoms with Crippen LogP contribution in [0.5, 0.6) is 0 Å². The standard InChI is InChI=1S/C8H7NOS/c10-9-6-5-7-3-1-2-4-8(7)11-9/h1-4,6H,5H2. The van der Waals surface area contributed by atoms with Crippen molar-refractivity contribution in [3.8, 4) is 0 Å². The maximum atomic E-state index is 10.8. The smallest absolute Gasteiger partial charge is 0.209 e. The van der Waals surface area contributed by atoms with Crippen molar-refractivity contribution in [1.29, 1.82) is 0 Å². The van der Waals surface area contributed by atoms with E-state index in [4.69, 9.17) is 0 Å².